The summed E-state index contributed by atoms with van der Waals surface area (Å²) in [5.74, 6) is 0.989. The lowest BCUT2D eigenvalue weighted by atomic mass is 10.1. The van der Waals surface area contributed by atoms with Crippen molar-refractivity contribution in [3.63, 3.8) is 0 Å². The van der Waals surface area contributed by atoms with Gasteiger partial charge in [0.25, 0.3) is 0 Å². The number of aromatic nitrogens is 4. The second kappa shape index (κ2) is 6.07. The van der Waals surface area contributed by atoms with E-state index in [4.69, 9.17) is 0 Å². The Morgan fingerprint density at radius 3 is 3.12 bits per heavy atom. The molecule has 1 fully saturated rings. The van der Waals surface area contributed by atoms with Crippen LogP contribution in [0.5, 0.6) is 0 Å². The Morgan fingerprint density at radius 2 is 2.35 bits per heavy atom. The van der Waals surface area contributed by atoms with Gasteiger partial charge in [-0.15, -0.1) is 5.10 Å². The van der Waals surface area contributed by atoms with Crippen LogP contribution in [0.4, 0.5) is 0 Å². The molecule has 1 aromatic rings. The first-order valence-corrected chi connectivity index (χ1v) is 6.48. The van der Waals surface area contributed by atoms with Crippen molar-refractivity contribution in [1.82, 2.24) is 30.4 Å². The summed E-state index contributed by atoms with van der Waals surface area (Å²) in [5, 5.41) is 15.3. The number of hydrogen-bond donors (Lipinski definition) is 1. The summed E-state index contributed by atoms with van der Waals surface area (Å²) < 4.78 is 1.92. The van der Waals surface area contributed by atoms with E-state index in [1.807, 2.05) is 11.7 Å². The first-order valence-electron chi connectivity index (χ1n) is 6.48. The first kappa shape index (κ1) is 12.4. The number of hydrogen-bond acceptors (Lipinski definition) is 5. The number of aryl methyl sites for hydroxylation is 1. The van der Waals surface area contributed by atoms with Crippen molar-refractivity contribution < 1.29 is 0 Å². The molecule has 2 rings (SSSR count). The maximum Gasteiger partial charge on any atom is 0.165 e. The molecule has 1 unspecified atom stereocenters. The summed E-state index contributed by atoms with van der Waals surface area (Å²) in [6.45, 7) is 6.16. The van der Waals surface area contributed by atoms with Crippen LogP contribution in [0.1, 0.15) is 32.0 Å². The van der Waals surface area contributed by atoms with E-state index in [1.54, 1.807) is 0 Å². The standard InChI is InChI=1S/C11H22N6/c1-3-6-17-11(13-14-15-17)9-16-7-4-5-10(8-16)12-2/h10,12H,3-9H2,1-2H3. The average Bonchev–Trinajstić information content (AvgIpc) is 2.78. The summed E-state index contributed by atoms with van der Waals surface area (Å²) in [6.07, 6.45) is 3.59. The highest BCUT2D eigenvalue weighted by molar-refractivity contribution is 4.85. The number of likely N-dealkylation sites (N-methyl/N-ethyl adjacent to an activating group) is 1. The zero-order valence-corrected chi connectivity index (χ0v) is 10.8. The second-order valence-corrected chi connectivity index (χ2v) is 4.68. The van der Waals surface area contributed by atoms with Gasteiger partial charge < -0.3 is 5.32 Å². The summed E-state index contributed by atoms with van der Waals surface area (Å²) in [5.41, 5.74) is 0. The Balaban J connectivity index is 1.93. The van der Waals surface area contributed by atoms with Gasteiger partial charge in [-0.1, -0.05) is 6.92 Å². The number of tetrazole rings is 1. The van der Waals surface area contributed by atoms with Gasteiger partial charge in [0, 0.05) is 19.1 Å². The lowest BCUT2D eigenvalue weighted by molar-refractivity contribution is 0.181. The third-order valence-electron chi connectivity index (χ3n) is 3.32. The molecule has 0 aromatic carbocycles. The summed E-state index contributed by atoms with van der Waals surface area (Å²) in [4.78, 5) is 2.43. The SMILES string of the molecule is CCCn1nnnc1CN1CCCC(NC)C1. The van der Waals surface area contributed by atoms with Crippen LogP contribution in [0.25, 0.3) is 0 Å². The van der Waals surface area contributed by atoms with E-state index in [0.29, 0.717) is 6.04 Å². The third kappa shape index (κ3) is 3.23. The number of likely N-dealkylation sites (tertiary alicyclic amines) is 1. The van der Waals surface area contributed by atoms with Crippen molar-refractivity contribution in [3.05, 3.63) is 5.82 Å². The lowest BCUT2D eigenvalue weighted by Crippen LogP contribution is -2.44. The molecular formula is C11H22N6. The monoisotopic (exact) mass is 238 g/mol. The van der Waals surface area contributed by atoms with Gasteiger partial charge in [-0.3, -0.25) is 4.90 Å². The predicted molar refractivity (Wildman–Crippen MR) is 65.5 cm³/mol. The van der Waals surface area contributed by atoms with Crippen molar-refractivity contribution in [1.29, 1.82) is 0 Å². The molecular weight excluding hydrogens is 216 g/mol. The van der Waals surface area contributed by atoms with Gasteiger partial charge in [0.15, 0.2) is 5.82 Å². The highest BCUT2D eigenvalue weighted by Crippen LogP contribution is 2.12. The molecule has 96 valence electrons. The van der Waals surface area contributed by atoms with Gasteiger partial charge in [0.2, 0.25) is 0 Å². The molecule has 0 bridgehead atoms. The van der Waals surface area contributed by atoms with Crippen LogP contribution in [0.3, 0.4) is 0 Å². The van der Waals surface area contributed by atoms with E-state index >= 15 is 0 Å². The van der Waals surface area contributed by atoms with Gasteiger partial charge in [0.1, 0.15) is 0 Å². The molecule has 0 aliphatic carbocycles. The van der Waals surface area contributed by atoms with Crippen LogP contribution in [-0.2, 0) is 13.1 Å². The second-order valence-electron chi connectivity index (χ2n) is 4.68. The number of nitrogens with zero attached hydrogens (tertiary/aromatic N) is 5. The Hall–Kier alpha value is -1.01. The molecule has 0 spiro atoms. The zero-order chi connectivity index (χ0) is 12.1. The molecule has 1 aliphatic heterocycles. The molecule has 2 heterocycles. The van der Waals surface area contributed by atoms with Crippen LogP contribution in [0.15, 0.2) is 0 Å². The molecule has 1 N–H and O–H groups in total. The van der Waals surface area contributed by atoms with Gasteiger partial charge in [0.05, 0.1) is 6.54 Å². The zero-order valence-electron chi connectivity index (χ0n) is 10.8. The largest absolute Gasteiger partial charge is 0.316 e. The van der Waals surface area contributed by atoms with E-state index in [-0.39, 0.29) is 0 Å². The quantitative estimate of drug-likeness (QED) is 0.798. The van der Waals surface area contributed by atoms with Crippen LogP contribution >= 0.6 is 0 Å². The van der Waals surface area contributed by atoms with E-state index in [9.17, 15) is 0 Å². The predicted octanol–water partition coefficient (Wildman–Crippen LogP) is 0.267. The van der Waals surface area contributed by atoms with Crippen molar-refractivity contribution in [2.24, 2.45) is 0 Å². The van der Waals surface area contributed by atoms with Crippen molar-refractivity contribution in [2.75, 3.05) is 20.1 Å². The minimum Gasteiger partial charge on any atom is -0.316 e. The maximum absolute atomic E-state index is 4.12. The van der Waals surface area contributed by atoms with Crippen LogP contribution < -0.4 is 5.32 Å². The number of nitrogens with one attached hydrogen (secondary N) is 1. The Morgan fingerprint density at radius 1 is 1.47 bits per heavy atom. The highest BCUT2D eigenvalue weighted by atomic mass is 15.5. The molecule has 17 heavy (non-hydrogen) atoms. The molecule has 0 saturated carbocycles. The van der Waals surface area contributed by atoms with Crippen molar-refractivity contribution in [3.8, 4) is 0 Å². The fourth-order valence-corrected chi connectivity index (χ4v) is 2.36. The van der Waals surface area contributed by atoms with Crippen molar-refractivity contribution >= 4 is 0 Å². The smallest absolute Gasteiger partial charge is 0.165 e. The molecule has 6 heteroatoms. The Bertz CT molecular complexity index is 336. The minimum absolute atomic E-state index is 0.610. The summed E-state index contributed by atoms with van der Waals surface area (Å²) in [7, 11) is 2.04. The number of rotatable bonds is 5. The molecule has 0 radical (unpaired) electrons. The average molecular weight is 238 g/mol. The number of piperidine rings is 1. The fourth-order valence-electron chi connectivity index (χ4n) is 2.36. The van der Waals surface area contributed by atoms with E-state index < -0.39 is 0 Å². The van der Waals surface area contributed by atoms with E-state index in [1.165, 1.54) is 12.8 Å². The highest BCUT2D eigenvalue weighted by Gasteiger charge is 2.20. The molecule has 1 saturated heterocycles. The van der Waals surface area contributed by atoms with Gasteiger partial charge in [-0.2, -0.15) is 0 Å². The van der Waals surface area contributed by atoms with E-state index in [0.717, 1.165) is 38.4 Å². The van der Waals surface area contributed by atoms with Crippen LogP contribution in [0, 0.1) is 0 Å². The molecule has 6 nitrogen and oxygen atoms in total. The van der Waals surface area contributed by atoms with E-state index in [2.05, 4.69) is 32.7 Å². The third-order valence-corrected chi connectivity index (χ3v) is 3.32. The fraction of sp³-hybridized carbons (Fsp3) is 0.909. The Labute approximate surface area is 102 Å². The van der Waals surface area contributed by atoms with Crippen LogP contribution in [-0.4, -0.2) is 51.3 Å². The van der Waals surface area contributed by atoms with Gasteiger partial charge in [-0.05, 0) is 43.3 Å². The summed E-state index contributed by atoms with van der Waals surface area (Å²) in [6, 6.07) is 0.610. The maximum atomic E-state index is 4.12. The Kier molecular flexibility index (Phi) is 4.44. The first-order chi connectivity index (χ1) is 8.33. The molecule has 1 aliphatic rings. The van der Waals surface area contributed by atoms with Crippen molar-refractivity contribution in [2.45, 2.75) is 45.3 Å². The van der Waals surface area contributed by atoms with Gasteiger partial charge >= 0.3 is 0 Å². The molecule has 1 aromatic heterocycles. The molecule has 0 amide bonds. The topological polar surface area (TPSA) is 58.9 Å². The van der Waals surface area contributed by atoms with Crippen LogP contribution in [0.2, 0.25) is 0 Å². The normalized spacial score (nSPS) is 21.9. The molecule has 1 atom stereocenters. The van der Waals surface area contributed by atoms with Gasteiger partial charge in [-0.25, -0.2) is 4.68 Å². The summed E-state index contributed by atoms with van der Waals surface area (Å²) >= 11 is 0. The minimum atomic E-state index is 0.610. The lowest BCUT2D eigenvalue weighted by Gasteiger charge is -2.31.